The molecule has 2 bridgehead atoms. The summed E-state index contributed by atoms with van der Waals surface area (Å²) < 4.78 is 23.4. The van der Waals surface area contributed by atoms with E-state index in [1.807, 2.05) is 6.20 Å². The lowest BCUT2D eigenvalue weighted by molar-refractivity contribution is -0.116. The van der Waals surface area contributed by atoms with E-state index in [1.54, 1.807) is 22.9 Å². The molecule has 2 aromatic carbocycles. The van der Waals surface area contributed by atoms with E-state index in [0.717, 1.165) is 43.0 Å². The van der Waals surface area contributed by atoms with Gasteiger partial charge in [-0.3, -0.25) is 0 Å². The molecule has 2 N–H and O–H groups in total. The van der Waals surface area contributed by atoms with Crippen molar-refractivity contribution in [2.75, 3.05) is 0 Å². The Morgan fingerprint density at radius 1 is 1.15 bits per heavy atom. The highest BCUT2D eigenvalue weighted by Crippen LogP contribution is 2.57. The normalized spacial score (nSPS) is 26.1. The quantitative estimate of drug-likeness (QED) is 0.234. The molecule has 0 spiro atoms. The molecule has 40 heavy (non-hydrogen) atoms. The number of hydrogen-bond acceptors (Lipinski definition) is 6. The molecule has 3 saturated carbocycles. The van der Waals surface area contributed by atoms with Crippen molar-refractivity contribution >= 4 is 50.7 Å². The lowest BCUT2D eigenvalue weighted by atomic mass is 9.73. The predicted octanol–water partition coefficient (Wildman–Crippen LogP) is 7.10. The summed E-state index contributed by atoms with van der Waals surface area (Å²) in [5, 5.41) is 27.4. The van der Waals surface area contributed by atoms with Gasteiger partial charge >= 0.3 is 5.97 Å². The van der Waals surface area contributed by atoms with E-state index in [9.17, 15) is 19.4 Å². The number of para-hydroxylation sites is 1. The van der Waals surface area contributed by atoms with Crippen LogP contribution in [-0.2, 0) is 16.9 Å². The first kappa shape index (κ1) is 26.3. The summed E-state index contributed by atoms with van der Waals surface area (Å²) in [6.07, 6.45) is 6.98. The average Bonchev–Trinajstić information content (AvgIpc) is 3.49. The van der Waals surface area contributed by atoms with Crippen LogP contribution in [0.25, 0.3) is 15.9 Å². The maximum atomic E-state index is 14.7. The number of hydrogen-bond donors (Lipinski definition) is 2. The fraction of sp³-hybridized carbons (Fsp3) is 0.414. The maximum Gasteiger partial charge on any atom is 0.335 e. The van der Waals surface area contributed by atoms with Gasteiger partial charge in [-0.2, -0.15) is 5.10 Å². The number of halogens is 3. The Bertz CT molecular complexity index is 1620. The molecule has 2 atom stereocenters. The molecule has 208 valence electrons. The molecule has 2 unspecified atom stereocenters. The van der Waals surface area contributed by atoms with Crippen molar-refractivity contribution in [2.24, 2.45) is 11.8 Å². The Balaban J connectivity index is 1.14. The topological polar surface area (TPSA) is 97.5 Å². The third-order valence-corrected chi connectivity index (χ3v) is 10.5. The van der Waals surface area contributed by atoms with Gasteiger partial charge in [0.05, 0.1) is 44.9 Å². The molecule has 11 heteroatoms. The molecule has 0 radical (unpaired) electrons. The van der Waals surface area contributed by atoms with Gasteiger partial charge in [-0.15, -0.1) is 11.3 Å². The zero-order chi connectivity index (χ0) is 27.8. The van der Waals surface area contributed by atoms with Crippen LogP contribution in [0.3, 0.4) is 0 Å². The summed E-state index contributed by atoms with van der Waals surface area (Å²) in [6.45, 7) is 0.347. The second kappa shape index (κ2) is 9.77. The number of carboxylic acids is 1. The summed E-state index contributed by atoms with van der Waals surface area (Å²) in [6, 6.07) is 7.80. The molecule has 3 fully saturated rings. The second-order valence-electron chi connectivity index (χ2n) is 11.1. The first-order valence-electron chi connectivity index (χ1n) is 13.4. The molecular weight excluding hydrogens is 576 g/mol. The number of nitrogens with zero attached hydrogens (tertiary/aromatic N) is 3. The van der Waals surface area contributed by atoms with Crippen LogP contribution in [0.15, 0.2) is 36.5 Å². The summed E-state index contributed by atoms with van der Waals surface area (Å²) in [5.41, 5.74) is 1.53. The number of carbonyl (C=O) groups is 1. The fourth-order valence-corrected chi connectivity index (χ4v) is 8.44. The lowest BCUT2D eigenvalue weighted by Crippen LogP contribution is -2.44. The van der Waals surface area contributed by atoms with Crippen LogP contribution in [0.1, 0.15) is 71.1 Å². The third kappa shape index (κ3) is 4.25. The summed E-state index contributed by atoms with van der Waals surface area (Å²) in [5.74, 6) is -1.61. The number of thiazole rings is 1. The van der Waals surface area contributed by atoms with Gasteiger partial charge in [0.2, 0.25) is 0 Å². The monoisotopic (exact) mass is 601 g/mol. The van der Waals surface area contributed by atoms with Crippen molar-refractivity contribution in [1.82, 2.24) is 14.8 Å². The summed E-state index contributed by atoms with van der Waals surface area (Å²) >= 11 is 14.2. The summed E-state index contributed by atoms with van der Waals surface area (Å²) in [4.78, 5) is 15.9. The molecule has 3 aliphatic carbocycles. The number of rotatable bonds is 7. The van der Waals surface area contributed by atoms with Crippen molar-refractivity contribution in [3.63, 3.8) is 0 Å². The lowest BCUT2D eigenvalue weighted by Gasteiger charge is -2.41. The van der Waals surface area contributed by atoms with E-state index in [1.165, 1.54) is 17.4 Å². The van der Waals surface area contributed by atoms with Gasteiger partial charge in [0, 0.05) is 0 Å². The van der Waals surface area contributed by atoms with Gasteiger partial charge in [-0.25, -0.2) is 18.9 Å². The Hall–Kier alpha value is -2.56. The van der Waals surface area contributed by atoms with Gasteiger partial charge in [0.1, 0.15) is 21.8 Å². The Morgan fingerprint density at radius 2 is 1.85 bits per heavy atom. The molecule has 0 amide bonds. The van der Waals surface area contributed by atoms with Crippen LogP contribution >= 0.6 is 34.5 Å². The molecule has 7 rings (SSSR count). The third-order valence-electron chi connectivity index (χ3n) is 8.76. The van der Waals surface area contributed by atoms with Crippen molar-refractivity contribution in [1.29, 1.82) is 0 Å². The van der Waals surface area contributed by atoms with Gasteiger partial charge in [0.25, 0.3) is 0 Å². The molecular formula is C29H26Cl2FN3O4S. The van der Waals surface area contributed by atoms with E-state index in [-0.39, 0.29) is 29.0 Å². The highest BCUT2D eigenvalue weighted by atomic mass is 35.5. The minimum atomic E-state index is -1.20. The van der Waals surface area contributed by atoms with Crippen LogP contribution in [0, 0.1) is 17.7 Å². The molecule has 4 aromatic rings. The molecule has 0 aliphatic heterocycles. The van der Waals surface area contributed by atoms with Crippen molar-refractivity contribution in [2.45, 2.75) is 62.8 Å². The zero-order valence-electron chi connectivity index (χ0n) is 21.3. The first-order valence-corrected chi connectivity index (χ1v) is 15.0. The molecule has 7 nitrogen and oxygen atoms in total. The molecule has 2 aromatic heterocycles. The fourth-order valence-electron chi connectivity index (χ4n) is 6.62. The van der Waals surface area contributed by atoms with Gasteiger partial charge < -0.3 is 14.9 Å². The van der Waals surface area contributed by atoms with Crippen LogP contribution in [0.4, 0.5) is 4.39 Å². The van der Waals surface area contributed by atoms with Crippen LogP contribution in [0.5, 0.6) is 0 Å². The van der Waals surface area contributed by atoms with E-state index in [2.05, 4.69) is 10.1 Å². The number of ether oxygens (including phenoxy) is 1. The van der Waals surface area contributed by atoms with Crippen molar-refractivity contribution in [3.05, 3.63) is 74.2 Å². The Labute approximate surface area is 243 Å². The summed E-state index contributed by atoms with van der Waals surface area (Å²) in [7, 11) is 0. The largest absolute Gasteiger partial charge is 0.478 e. The smallest absolute Gasteiger partial charge is 0.335 e. The van der Waals surface area contributed by atoms with Crippen molar-refractivity contribution < 1.29 is 24.1 Å². The Morgan fingerprint density at radius 3 is 2.50 bits per heavy atom. The number of carboxylic acid groups (broad SMARTS) is 1. The highest BCUT2D eigenvalue weighted by molar-refractivity contribution is 7.18. The zero-order valence-corrected chi connectivity index (χ0v) is 23.6. The SMILES string of the molecule is O=C(O)c1cc(F)c2nc(C3(O)C4CCC3CC(OCc3c(C5CC5)cnn3-c3c(Cl)cccc3Cl)C4)sc2c1. The first-order chi connectivity index (χ1) is 19.2. The standard InChI is InChI=1S/C29H26Cl2FN3O4S/c30-20-2-1-3-21(31)26(20)35-23(19(12-33-35)14-4-5-14)13-39-18-10-16-6-7-17(11-18)29(16,38)28-34-25-22(32)8-15(27(36)37)9-24(25)40-28/h1-3,8-9,12,14,16-18,38H,4-7,10-11,13H2,(H,36,37). The minimum Gasteiger partial charge on any atom is -0.478 e. The van der Waals surface area contributed by atoms with E-state index in [4.69, 9.17) is 27.9 Å². The number of fused-ring (bicyclic) bond motifs is 3. The minimum absolute atomic E-state index is 0.0698. The van der Waals surface area contributed by atoms with Crippen molar-refractivity contribution in [3.8, 4) is 5.69 Å². The number of aromatic carboxylic acids is 1. The maximum absolute atomic E-state index is 14.7. The van der Waals surface area contributed by atoms with Crippen LogP contribution < -0.4 is 0 Å². The van der Waals surface area contributed by atoms with Crippen LogP contribution in [-0.4, -0.2) is 37.1 Å². The van der Waals surface area contributed by atoms with Gasteiger partial charge in [0.15, 0.2) is 5.82 Å². The van der Waals surface area contributed by atoms with Crippen LogP contribution in [0.2, 0.25) is 10.0 Å². The number of benzene rings is 2. The van der Waals surface area contributed by atoms with E-state index < -0.39 is 17.4 Å². The second-order valence-corrected chi connectivity index (χ2v) is 13.0. The molecule has 3 aliphatic rings. The van der Waals surface area contributed by atoms with E-state index >= 15 is 0 Å². The highest BCUT2D eigenvalue weighted by Gasteiger charge is 2.56. The van der Waals surface area contributed by atoms with E-state index in [0.29, 0.717) is 50.8 Å². The number of aromatic nitrogens is 3. The van der Waals surface area contributed by atoms with Gasteiger partial charge in [-0.05, 0) is 86.1 Å². The molecule has 2 heterocycles. The van der Waals surface area contributed by atoms with Gasteiger partial charge in [-0.1, -0.05) is 29.3 Å². The predicted molar refractivity (Wildman–Crippen MR) is 150 cm³/mol. The molecule has 0 saturated heterocycles. The average molecular weight is 603 g/mol. The number of aliphatic hydroxyl groups is 1. The Kier molecular flexibility index (Phi) is 6.44.